The van der Waals surface area contributed by atoms with Gasteiger partial charge in [-0.1, -0.05) is 66.7 Å². The number of nitrogens with one attached hydrogen (secondary N) is 2. The van der Waals surface area contributed by atoms with Crippen molar-refractivity contribution >= 4 is 26.0 Å². The lowest BCUT2D eigenvalue weighted by Gasteiger charge is -2.28. The molecule has 0 radical (unpaired) electrons. The van der Waals surface area contributed by atoms with Gasteiger partial charge in [-0.2, -0.15) is 5.09 Å². The van der Waals surface area contributed by atoms with Crippen LogP contribution in [0.25, 0.3) is 0 Å². The van der Waals surface area contributed by atoms with E-state index in [2.05, 4.69) is 16.1 Å². The highest BCUT2D eigenvalue weighted by molar-refractivity contribution is 7.52. The van der Waals surface area contributed by atoms with Crippen molar-refractivity contribution in [3.05, 3.63) is 42.6 Å². The van der Waals surface area contributed by atoms with Crippen molar-refractivity contribution in [3.63, 3.8) is 0 Å². The van der Waals surface area contributed by atoms with Gasteiger partial charge in [-0.05, 0) is 52.4 Å². The predicted molar refractivity (Wildman–Crippen MR) is 173 cm³/mol. The molecular formula is C30H57N4O8P. The number of aldehydes is 1. The molecule has 13 heteroatoms. The fourth-order valence-corrected chi connectivity index (χ4v) is 4.93. The molecule has 1 aliphatic rings. The Hall–Kier alpha value is -2.76. The van der Waals surface area contributed by atoms with E-state index in [1.165, 1.54) is 38.2 Å². The minimum absolute atomic E-state index is 0.112. The summed E-state index contributed by atoms with van der Waals surface area (Å²) in [6, 6.07) is 7.00. The van der Waals surface area contributed by atoms with Crippen LogP contribution in [0.2, 0.25) is 0 Å². The van der Waals surface area contributed by atoms with Gasteiger partial charge in [-0.25, -0.2) is 9.36 Å². The van der Waals surface area contributed by atoms with Crippen LogP contribution < -0.4 is 20.7 Å². The van der Waals surface area contributed by atoms with Crippen molar-refractivity contribution in [1.29, 1.82) is 0 Å². The topological polar surface area (TPSA) is 159 Å². The first kappa shape index (κ1) is 44.7. The van der Waals surface area contributed by atoms with Crippen LogP contribution in [-0.4, -0.2) is 68.4 Å². The van der Waals surface area contributed by atoms with Gasteiger partial charge in [-0.3, -0.25) is 19.0 Å². The minimum Gasteiger partial charge on any atom is -0.462 e. The van der Waals surface area contributed by atoms with Crippen molar-refractivity contribution in [2.24, 2.45) is 11.7 Å². The number of urea groups is 1. The number of hydrogen-bond acceptors (Lipinski definition) is 9. The van der Waals surface area contributed by atoms with E-state index in [-0.39, 0.29) is 24.4 Å². The number of carbonyl (C=O) groups excluding carboxylic acids is 3. The molecule has 0 bridgehead atoms. The van der Waals surface area contributed by atoms with E-state index >= 15 is 0 Å². The molecule has 5 unspecified atom stereocenters. The molecule has 12 nitrogen and oxygen atoms in total. The van der Waals surface area contributed by atoms with E-state index in [4.69, 9.17) is 18.5 Å². The molecule has 5 atom stereocenters. The second kappa shape index (κ2) is 26.8. The fraction of sp³-hybridized carbons (Fsp3) is 0.633. The van der Waals surface area contributed by atoms with Gasteiger partial charge in [0.1, 0.15) is 24.3 Å². The maximum atomic E-state index is 13.6. The van der Waals surface area contributed by atoms with Gasteiger partial charge >= 0.3 is 19.7 Å². The predicted octanol–water partition coefficient (Wildman–Crippen LogP) is 5.88. The second-order valence-electron chi connectivity index (χ2n) is 8.34. The summed E-state index contributed by atoms with van der Waals surface area (Å²) in [5.74, 6) is -0.426. The monoisotopic (exact) mass is 632 g/mol. The zero-order chi connectivity index (χ0) is 34.0. The van der Waals surface area contributed by atoms with Crippen LogP contribution in [0.5, 0.6) is 5.75 Å². The number of ether oxygens (including phenoxy) is 2. The van der Waals surface area contributed by atoms with E-state index < -0.39 is 38.1 Å². The van der Waals surface area contributed by atoms with E-state index in [1.807, 2.05) is 48.5 Å². The van der Waals surface area contributed by atoms with Gasteiger partial charge in [0.25, 0.3) is 0 Å². The van der Waals surface area contributed by atoms with Gasteiger partial charge < -0.3 is 25.0 Å². The molecule has 0 aromatic heterocycles. The van der Waals surface area contributed by atoms with Gasteiger partial charge in [0.05, 0.1) is 18.8 Å². The first-order valence-electron chi connectivity index (χ1n) is 14.9. The minimum atomic E-state index is -4.04. The number of esters is 1. The molecule has 1 saturated heterocycles. The highest BCUT2D eigenvalue weighted by atomic mass is 31.2. The maximum absolute atomic E-state index is 13.6. The summed E-state index contributed by atoms with van der Waals surface area (Å²) in [7, 11) is -1.07. The highest BCUT2D eigenvalue weighted by Crippen LogP contribution is 2.46. The Bertz CT molecular complexity index is 934. The summed E-state index contributed by atoms with van der Waals surface area (Å²) in [4.78, 5) is 36.6. The maximum Gasteiger partial charge on any atom is 0.459 e. The normalized spacial score (nSPS) is 18.8. The molecule has 4 N–H and O–H groups in total. The summed E-state index contributed by atoms with van der Waals surface area (Å²) in [5, 5.41) is 5.13. The summed E-state index contributed by atoms with van der Waals surface area (Å²) < 4.78 is 36.1. The number of amides is 2. The summed E-state index contributed by atoms with van der Waals surface area (Å²) in [6.07, 6.45) is 2.04. The van der Waals surface area contributed by atoms with Crippen LogP contribution >= 0.6 is 7.75 Å². The Labute approximate surface area is 259 Å². The molecule has 2 amide bonds. The molecule has 1 heterocycles. The molecule has 43 heavy (non-hydrogen) atoms. The van der Waals surface area contributed by atoms with Gasteiger partial charge in [0.2, 0.25) is 0 Å². The van der Waals surface area contributed by atoms with Crippen LogP contribution in [0.15, 0.2) is 42.6 Å². The third kappa shape index (κ3) is 17.8. The van der Waals surface area contributed by atoms with Gasteiger partial charge in [0.15, 0.2) is 0 Å². The molecule has 1 aliphatic heterocycles. The van der Waals surface area contributed by atoms with Crippen LogP contribution in [0, 0.1) is 5.92 Å². The Morgan fingerprint density at radius 1 is 1.09 bits per heavy atom. The number of nitrogens with zero attached hydrogens (tertiary/aromatic N) is 1. The average molecular weight is 633 g/mol. The first-order valence-corrected chi connectivity index (χ1v) is 16.5. The number of carbonyl (C=O) groups is 3. The number of hydrogen-bond donors (Lipinski definition) is 3. The van der Waals surface area contributed by atoms with E-state index in [9.17, 15) is 18.9 Å². The Morgan fingerprint density at radius 3 is 2.14 bits per heavy atom. The lowest BCUT2D eigenvalue weighted by Crippen LogP contribution is -2.44. The molecular weight excluding hydrogens is 575 g/mol. The third-order valence-electron chi connectivity index (χ3n) is 4.96. The average Bonchev–Trinajstić information content (AvgIpc) is 3.40. The molecule has 1 fully saturated rings. The summed E-state index contributed by atoms with van der Waals surface area (Å²) >= 11 is 0. The van der Waals surface area contributed by atoms with Gasteiger partial charge in [0, 0.05) is 19.2 Å². The zero-order valence-electron chi connectivity index (χ0n) is 28.2. The lowest BCUT2D eigenvalue weighted by atomic mass is 10.1. The highest BCUT2D eigenvalue weighted by Gasteiger charge is 2.40. The van der Waals surface area contributed by atoms with Crippen molar-refractivity contribution in [2.45, 2.75) is 100 Å². The Balaban J connectivity index is -0.00000184. The Kier molecular flexibility index (Phi) is 27.9. The molecule has 250 valence electrons. The first-order chi connectivity index (χ1) is 20.6. The smallest absolute Gasteiger partial charge is 0.459 e. The number of para-hydroxylation sites is 1. The van der Waals surface area contributed by atoms with Crippen LogP contribution in [0.3, 0.4) is 0 Å². The lowest BCUT2D eigenvalue weighted by molar-refractivity contribution is -0.149. The van der Waals surface area contributed by atoms with E-state index in [0.717, 1.165) is 0 Å². The second-order valence-corrected chi connectivity index (χ2v) is 10.0. The Morgan fingerprint density at radius 2 is 1.65 bits per heavy atom. The molecule has 0 aliphatic carbocycles. The number of benzene rings is 1. The number of nitrogens with two attached hydrogens (primary N) is 1. The van der Waals surface area contributed by atoms with Crippen LogP contribution in [0.1, 0.15) is 75.7 Å². The molecule has 2 rings (SSSR count). The molecule has 0 saturated carbocycles. The largest absolute Gasteiger partial charge is 0.462 e. The zero-order valence-corrected chi connectivity index (χ0v) is 29.1. The van der Waals surface area contributed by atoms with Crippen LogP contribution in [-0.2, 0) is 28.2 Å². The van der Waals surface area contributed by atoms with E-state index in [0.29, 0.717) is 12.7 Å². The fourth-order valence-electron chi connectivity index (χ4n) is 3.41. The number of rotatable bonds is 12. The molecule has 1 aromatic carbocycles. The third-order valence-corrected chi connectivity index (χ3v) is 6.60. The molecule has 1 aromatic rings. The molecule has 0 spiro atoms. The summed E-state index contributed by atoms with van der Waals surface area (Å²) in [5.41, 5.74) is 4.50. The van der Waals surface area contributed by atoms with Crippen molar-refractivity contribution < 1.29 is 37.5 Å². The quantitative estimate of drug-likeness (QED) is 0.110. The van der Waals surface area contributed by atoms with Crippen LogP contribution in [0.4, 0.5) is 4.79 Å². The van der Waals surface area contributed by atoms with Crippen molar-refractivity contribution in [1.82, 2.24) is 15.3 Å². The SMILES string of the molecule is CC.CC.CC.CN.CNC(=O)N(/C=C\C=O)C1OC(COP(=O)(NC(C)C(=O)OC(C)C)Oc2ccccc2)CC1C. The van der Waals surface area contributed by atoms with E-state index in [1.54, 1.807) is 44.2 Å². The standard InChI is InChI=1S/C23H34N3O8P.3C2H6.CH5N/c1-16(2)32-22(28)18(4)25-35(30,34-19-10-7-6-8-11-19)31-15-20-14-17(3)21(33-20)26(12-9-13-27)23(29)24-5;4*1-2/h6-13,16-18,20-21H,14-15H2,1-5H3,(H,24,29)(H,25,30);3*1-2H3;2H2,1H3/b12-9-;;;;. The van der Waals surface area contributed by atoms with Crippen molar-refractivity contribution in [3.8, 4) is 5.75 Å². The van der Waals surface area contributed by atoms with Crippen molar-refractivity contribution in [2.75, 3.05) is 20.7 Å². The van der Waals surface area contributed by atoms with Gasteiger partial charge in [-0.15, -0.1) is 0 Å². The number of allylic oxidation sites excluding steroid dienone is 1. The summed E-state index contributed by atoms with van der Waals surface area (Å²) in [6.45, 7) is 18.7.